The number of benzene rings is 1. The van der Waals surface area contributed by atoms with Gasteiger partial charge in [0.2, 0.25) is 0 Å². The van der Waals surface area contributed by atoms with Crippen LogP contribution in [-0.4, -0.2) is 53.4 Å². The minimum atomic E-state index is -4.40. The minimum Gasteiger partial charge on any atom is -0.490 e. The second-order valence-electron chi connectivity index (χ2n) is 6.98. The number of carbonyl (C=O) groups is 1. The Morgan fingerprint density at radius 3 is 2.66 bits per heavy atom. The van der Waals surface area contributed by atoms with E-state index in [4.69, 9.17) is 4.74 Å². The summed E-state index contributed by atoms with van der Waals surface area (Å²) in [6, 6.07) is 6.88. The first-order valence-corrected chi connectivity index (χ1v) is 9.36. The predicted molar refractivity (Wildman–Crippen MR) is 99.9 cm³/mol. The standard InChI is InChI=1S/C19H20F3N5O2/c20-19(21,22)13-3-4-15-16(12-13)29-11-10-27(15)14-5-8-26(9-6-14)18(28)24-17-2-1-7-23-25-17/h1-4,7,12,14H,5-6,8-11H2,(H,24,25,28). The number of piperidine rings is 1. The van der Waals surface area contributed by atoms with Gasteiger partial charge in [-0.2, -0.15) is 18.3 Å². The fraction of sp³-hybridized carbons (Fsp3) is 0.421. The predicted octanol–water partition coefficient (Wildman–Crippen LogP) is 3.39. The molecular formula is C19H20F3N5O2. The third-order valence-electron chi connectivity index (χ3n) is 5.19. The zero-order valence-electron chi connectivity index (χ0n) is 15.5. The Morgan fingerprint density at radius 1 is 1.17 bits per heavy atom. The molecule has 3 heterocycles. The van der Waals surface area contributed by atoms with Gasteiger partial charge in [0.1, 0.15) is 12.4 Å². The number of halogens is 3. The maximum Gasteiger partial charge on any atom is 0.416 e. The molecule has 2 aliphatic heterocycles. The lowest BCUT2D eigenvalue weighted by Gasteiger charge is -2.42. The number of aromatic nitrogens is 2. The highest BCUT2D eigenvalue weighted by atomic mass is 19.4. The van der Waals surface area contributed by atoms with E-state index < -0.39 is 11.7 Å². The van der Waals surface area contributed by atoms with Gasteiger partial charge in [-0.15, -0.1) is 5.10 Å². The lowest BCUT2D eigenvalue weighted by atomic mass is 10.0. The lowest BCUT2D eigenvalue weighted by molar-refractivity contribution is -0.137. The van der Waals surface area contributed by atoms with Crippen molar-refractivity contribution < 1.29 is 22.7 Å². The number of ether oxygens (including phenoxy) is 1. The molecule has 10 heteroatoms. The van der Waals surface area contributed by atoms with Crippen LogP contribution in [0.5, 0.6) is 5.75 Å². The van der Waals surface area contributed by atoms with Gasteiger partial charge in [0.05, 0.1) is 17.8 Å². The van der Waals surface area contributed by atoms with Gasteiger partial charge >= 0.3 is 12.2 Å². The molecular weight excluding hydrogens is 387 g/mol. The molecule has 7 nitrogen and oxygen atoms in total. The largest absolute Gasteiger partial charge is 0.490 e. The quantitative estimate of drug-likeness (QED) is 0.827. The normalized spacial score (nSPS) is 17.5. The Bertz CT molecular complexity index is 870. The molecule has 29 heavy (non-hydrogen) atoms. The number of fused-ring (bicyclic) bond motifs is 1. The molecule has 0 bridgehead atoms. The van der Waals surface area contributed by atoms with E-state index in [0.29, 0.717) is 50.6 Å². The second-order valence-corrected chi connectivity index (χ2v) is 6.98. The average molecular weight is 407 g/mol. The monoisotopic (exact) mass is 407 g/mol. The number of amides is 2. The number of nitrogens with one attached hydrogen (secondary N) is 1. The Kier molecular flexibility index (Phi) is 5.16. The van der Waals surface area contributed by atoms with E-state index in [2.05, 4.69) is 20.4 Å². The van der Waals surface area contributed by atoms with Crippen LogP contribution in [0.4, 0.5) is 29.5 Å². The first kappa shape index (κ1) is 19.3. The summed E-state index contributed by atoms with van der Waals surface area (Å²) in [5.41, 5.74) is -0.0414. The van der Waals surface area contributed by atoms with Crippen molar-refractivity contribution in [2.75, 3.05) is 36.5 Å². The number of alkyl halides is 3. The minimum absolute atomic E-state index is 0.134. The maximum atomic E-state index is 13.0. The van der Waals surface area contributed by atoms with E-state index in [0.717, 1.165) is 12.1 Å². The van der Waals surface area contributed by atoms with Crippen molar-refractivity contribution in [3.05, 3.63) is 42.1 Å². The fourth-order valence-electron chi connectivity index (χ4n) is 3.73. The maximum absolute atomic E-state index is 13.0. The molecule has 0 unspecified atom stereocenters. The van der Waals surface area contributed by atoms with Crippen molar-refractivity contribution in [2.45, 2.75) is 25.1 Å². The van der Waals surface area contributed by atoms with Crippen LogP contribution >= 0.6 is 0 Å². The fourth-order valence-corrected chi connectivity index (χ4v) is 3.73. The number of anilines is 2. The molecule has 2 amide bonds. The molecule has 1 N–H and O–H groups in total. The Hall–Kier alpha value is -3.04. The van der Waals surface area contributed by atoms with Crippen molar-refractivity contribution in [3.8, 4) is 5.75 Å². The first-order chi connectivity index (χ1) is 13.9. The molecule has 1 aromatic carbocycles. The van der Waals surface area contributed by atoms with Crippen molar-refractivity contribution in [2.24, 2.45) is 0 Å². The number of hydrogen-bond donors (Lipinski definition) is 1. The molecule has 4 rings (SSSR count). The third kappa shape index (κ3) is 4.20. The van der Waals surface area contributed by atoms with Crippen molar-refractivity contribution in [3.63, 3.8) is 0 Å². The summed E-state index contributed by atoms with van der Waals surface area (Å²) in [5.74, 6) is 0.649. The van der Waals surface area contributed by atoms with Gasteiger partial charge in [0.15, 0.2) is 5.82 Å². The summed E-state index contributed by atoms with van der Waals surface area (Å²) < 4.78 is 44.4. The van der Waals surface area contributed by atoms with Crippen molar-refractivity contribution in [1.82, 2.24) is 15.1 Å². The molecule has 0 spiro atoms. The van der Waals surface area contributed by atoms with Gasteiger partial charge in [-0.1, -0.05) is 0 Å². The summed E-state index contributed by atoms with van der Waals surface area (Å²) >= 11 is 0. The Morgan fingerprint density at radius 2 is 1.97 bits per heavy atom. The third-order valence-corrected chi connectivity index (χ3v) is 5.19. The second kappa shape index (κ2) is 7.76. The number of likely N-dealkylation sites (tertiary alicyclic amines) is 1. The number of urea groups is 1. The van der Waals surface area contributed by atoms with Crippen LogP contribution in [0, 0.1) is 0 Å². The molecule has 0 atom stereocenters. The van der Waals surface area contributed by atoms with Crippen LogP contribution in [0.2, 0.25) is 0 Å². The lowest BCUT2D eigenvalue weighted by Crippen LogP contribution is -2.50. The first-order valence-electron chi connectivity index (χ1n) is 9.36. The Labute approximate surface area is 165 Å². The van der Waals surface area contributed by atoms with E-state index in [-0.39, 0.29) is 17.8 Å². The molecule has 1 saturated heterocycles. The molecule has 0 saturated carbocycles. The summed E-state index contributed by atoms with van der Waals surface area (Å²) in [7, 11) is 0. The molecule has 2 aliphatic rings. The zero-order chi connectivity index (χ0) is 20.4. The topological polar surface area (TPSA) is 70.6 Å². The highest BCUT2D eigenvalue weighted by molar-refractivity contribution is 5.88. The highest BCUT2D eigenvalue weighted by Gasteiger charge is 2.34. The smallest absolute Gasteiger partial charge is 0.416 e. The summed E-state index contributed by atoms with van der Waals surface area (Å²) in [5, 5.41) is 10.3. The van der Waals surface area contributed by atoms with Gasteiger partial charge in [0.25, 0.3) is 0 Å². The number of carbonyl (C=O) groups excluding carboxylic acids is 1. The van der Waals surface area contributed by atoms with Gasteiger partial charge in [0, 0.05) is 25.3 Å². The Balaban J connectivity index is 1.40. The highest BCUT2D eigenvalue weighted by Crippen LogP contribution is 2.39. The van der Waals surface area contributed by atoms with Gasteiger partial charge < -0.3 is 14.5 Å². The van der Waals surface area contributed by atoms with Crippen molar-refractivity contribution in [1.29, 1.82) is 0 Å². The van der Waals surface area contributed by atoms with Crippen LogP contribution in [-0.2, 0) is 6.18 Å². The van der Waals surface area contributed by atoms with E-state index in [1.165, 1.54) is 12.3 Å². The number of nitrogens with zero attached hydrogens (tertiary/aromatic N) is 4. The molecule has 0 aliphatic carbocycles. The van der Waals surface area contributed by atoms with E-state index in [9.17, 15) is 18.0 Å². The van der Waals surface area contributed by atoms with Crippen molar-refractivity contribution >= 4 is 17.5 Å². The number of hydrogen-bond acceptors (Lipinski definition) is 5. The molecule has 2 aromatic rings. The van der Waals surface area contributed by atoms with Crippen LogP contribution in [0.15, 0.2) is 36.5 Å². The molecule has 1 fully saturated rings. The van der Waals surface area contributed by atoms with E-state index >= 15 is 0 Å². The van der Waals surface area contributed by atoms with Gasteiger partial charge in [-0.25, -0.2) is 4.79 Å². The number of rotatable bonds is 2. The van der Waals surface area contributed by atoms with Crippen LogP contribution in [0.3, 0.4) is 0 Å². The molecule has 1 aromatic heterocycles. The summed E-state index contributed by atoms with van der Waals surface area (Å²) in [6.45, 7) is 2.03. The van der Waals surface area contributed by atoms with Gasteiger partial charge in [-0.05, 0) is 43.2 Å². The zero-order valence-corrected chi connectivity index (χ0v) is 15.5. The SMILES string of the molecule is O=C(Nc1cccnn1)N1CCC(N2CCOc3cc(C(F)(F)F)ccc32)CC1. The van der Waals surface area contributed by atoms with E-state index in [1.54, 1.807) is 17.0 Å². The van der Waals surface area contributed by atoms with Gasteiger partial charge in [-0.3, -0.25) is 5.32 Å². The molecule has 154 valence electrons. The van der Waals surface area contributed by atoms with Crippen LogP contribution < -0.4 is 15.0 Å². The summed E-state index contributed by atoms with van der Waals surface area (Å²) in [6.07, 6.45) is -1.44. The molecule has 0 radical (unpaired) electrons. The van der Waals surface area contributed by atoms with Crippen LogP contribution in [0.1, 0.15) is 18.4 Å². The summed E-state index contributed by atoms with van der Waals surface area (Å²) in [4.78, 5) is 16.2. The van der Waals surface area contributed by atoms with E-state index in [1.807, 2.05) is 0 Å². The van der Waals surface area contributed by atoms with Crippen LogP contribution in [0.25, 0.3) is 0 Å². The average Bonchev–Trinajstić information content (AvgIpc) is 2.73.